The first-order valence-corrected chi connectivity index (χ1v) is 3.95. The predicted octanol–water partition coefficient (Wildman–Crippen LogP) is 0.926. The largest absolute Gasteiger partial charge is 0.262 e. The van der Waals surface area contributed by atoms with Gasteiger partial charge in [0.1, 0.15) is 11.0 Å². The molecular weight excluding hydrogens is 152 g/mol. The van der Waals surface area contributed by atoms with Crippen LogP contribution in [0.4, 0.5) is 0 Å². The van der Waals surface area contributed by atoms with Gasteiger partial charge in [0.15, 0.2) is 0 Å². The Hall–Kier alpha value is -1.45. The molecular formula is C8H10N4. The summed E-state index contributed by atoms with van der Waals surface area (Å²) in [5.74, 6) is 0. The van der Waals surface area contributed by atoms with Crippen molar-refractivity contribution in [2.24, 2.45) is 7.05 Å². The average Bonchev–Trinajstić information content (AvgIpc) is 2.44. The average molecular weight is 162 g/mol. The van der Waals surface area contributed by atoms with Gasteiger partial charge in [0, 0.05) is 13.2 Å². The molecule has 0 atom stereocenters. The highest BCUT2D eigenvalue weighted by Gasteiger charge is 2.03. The Morgan fingerprint density at radius 3 is 2.92 bits per heavy atom. The van der Waals surface area contributed by atoms with Gasteiger partial charge in [-0.1, -0.05) is 6.92 Å². The van der Waals surface area contributed by atoms with Crippen LogP contribution in [0, 0.1) is 0 Å². The monoisotopic (exact) mass is 162 g/mol. The van der Waals surface area contributed by atoms with E-state index < -0.39 is 0 Å². The zero-order valence-corrected chi connectivity index (χ0v) is 7.15. The summed E-state index contributed by atoms with van der Waals surface area (Å²) in [6.45, 7) is 2.09. The molecule has 0 aliphatic carbocycles. The van der Waals surface area contributed by atoms with Crippen molar-refractivity contribution >= 4 is 11.0 Å². The van der Waals surface area contributed by atoms with Gasteiger partial charge in [-0.2, -0.15) is 15.0 Å². The van der Waals surface area contributed by atoms with Crippen LogP contribution in [-0.4, -0.2) is 20.0 Å². The lowest BCUT2D eigenvalue weighted by atomic mass is 10.2. The van der Waals surface area contributed by atoms with E-state index in [4.69, 9.17) is 0 Å². The molecule has 0 saturated carbocycles. The molecule has 2 rings (SSSR count). The van der Waals surface area contributed by atoms with Crippen molar-refractivity contribution in [2.45, 2.75) is 13.3 Å². The summed E-state index contributed by atoms with van der Waals surface area (Å²) in [6.07, 6.45) is 4.53. The molecule has 2 aromatic heterocycles. The summed E-state index contributed by atoms with van der Waals surface area (Å²) in [5, 5.41) is 8.41. The van der Waals surface area contributed by atoms with Gasteiger partial charge in [-0.15, -0.1) is 0 Å². The second kappa shape index (κ2) is 2.55. The molecule has 0 aliphatic rings. The van der Waals surface area contributed by atoms with Gasteiger partial charge in [-0.25, -0.2) is 0 Å². The van der Waals surface area contributed by atoms with Crippen molar-refractivity contribution in [1.29, 1.82) is 0 Å². The Morgan fingerprint density at radius 1 is 1.33 bits per heavy atom. The number of hydrogen-bond acceptors (Lipinski definition) is 3. The number of hydrogen-bond donors (Lipinski definition) is 0. The van der Waals surface area contributed by atoms with E-state index >= 15 is 0 Å². The molecule has 0 bridgehead atoms. The van der Waals surface area contributed by atoms with E-state index in [0.29, 0.717) is 0 Å². The van der Waals surface area contributed by atoms with Gasteiger partial charge in [0.05, 0.1) is 6.20 Å². The Bertz CT molecular complexity index is 404. The lowest BCUT2D eigenvalue weighted by Gasteiger charge is -1.92. The molecule has 0 unspecified atom stereocenters. The standard InChI is InChI=1S/C8H10N4/c1-3-6-4-9-5-7-8(6)11-12(2)10-7/h4-5H,3H2,1-2H3. The van der Waals surface area contributed by atoms with Crippen LogP contribution in [0.25, 0.3) is 11.0 Å². The molecule has 0 fully saturated rings. The molecule has 4 nitrogen and oxygen atoms in total. The van der Waals surface area contributed by atoms with E-state index in [1.807, 2.05) is 13.2 Å². The Kier molecular flexibility index (Phi) is 1.53. The lowest BCUT2D eigenvalue weighted by molar-refractivity contribution is 0.664. The number of nitrogens with zero attached hydrogens (tertiary/aromatic N) is 4. The van der Waals surface area contributed by atoms with Crippen molar-refractivity contribution in [3.8, 4) is 0 Å². The van der Waals surface area contributed by atoms with E-state index in [-0.39, 0.29) is 0 Å². The van der Waals surface area contributed by atoms with Crippen molar-refractivity contribution < 1.29 is 0 Å². The minimum atomic E-state index is 0.872. The quantitative estimate of drug-likeness (QED) is 0.626. The smallest absolute Gasteiger partial charge is 0.131 e. The van der Waals surface area contributed by atoms with Gasteiger partial charge in [-0.3, -0.25) is 4.98 Å². The van der Waals surface area contributed by atoms with Crippen LogP contribution < -0.4 is 0 Å². The zero-order valence-electron chi connectivity index (χ0n) is 7.15. The van der Waals surface area contributed by atoms with E-state index in [1.54, 1.807) is 11.0 Å². The third kappa shape index (κ3) is 0.958. The van der Waals surface area contributed by atoms with Gasteiger partial charge < -0.3 is 0 Å². The molecule has 4 heteroatoms. The van der Waals surface area contributed by atoms with E-state index in [1.165, 1.54) is 0 Å². The summed E-state index contributed by atoms with van der Waals surface area (Å²) in [4.78, 5) is 5.66. The fourth-order valence-electron chi connectivity index (χ4n) is 1.25. The highest BCUT2D eigenvalue weighted by molar-refractivity contribution is 5.75. The van der Waals surface area contributed by atoms with E-state index in [9.17, 15) is 0 Å². The highest BCUT2D eigenvalue weighted by atomic mass is 15.4. The highest BCUT2D eigenvalue weighted by Crippen LogP contribution is 2.12. The Balaban J connectivity index is 2.78. The van der Waals surface area contributed by atoms with Crippen LogP contribution in [0.2, 0.25) is 0 Å². The summed E-state index contributed by atoms with van der Waals surface area (Å²) in [7, 11) is 1.82. The summed E-state index contributed by atoms with van der Waals surface area (Å²) in [5.41, 5.74) is 2.99. The van der Waals surface area contributed by atoms with Crippen molar-refractivity contribution in [3.63, 3.8) is 0 Å². The summed E-state index contributed by atoms with van der Waals surface area (Å²) < 4.78 is 0. The minimum absolute atomic E-state index is 0.872. The number of fused-ring (bicyclic) bond motifs is 1. The third-order valence-corrected chi connectivity index (χ3v) is 1.85. The van der Waals surface area contributed by atoms with Gasteiger partial charge in [-0.05, 0) is 12.0 Å². The van der Waals surface area contributed by atoms with Crippen LogP contribution in [-0.2, 0) is 13.5 Å². The first-order valence-electron chi connectivity index (χ1n) is 3.95. The van der Waals surface area contributed by atoms with Crippen LogP contribution in [0.5, 0.6) is 0 Å². The topological polar surface area (TPSA) is 43.6 Å². The van der Waals surface area contributed by atoms with Crippen LogP contribution >= 0.6 is 0 Å². The molecule has 2 heterocycles. The molecule has 0 aliphatic heterocycles. The molecule has 0 aromatic carbocycles. The number of pyridine rings is 1. The molecule has 12 heavy (non-hydrogen) atoms. The second-order valence-electron chi connectivity index (χ2n) is 2.71. The fraction of sp³-hybridized carbons (Fsp3) is 0.375. The molecule has 0 saturated heterocycles. The molecule has 0 radical (unpaired) electrons. The number of aryl methyl sites for hydroxylation is 2. The van der Waals surface area contributed by atoms with Gasteiger partial charge in [0.2, 0.25) is 0 Å². The maximum Gasteiger partial charge on any atom is 0.131 e. The normalized spacial score (nSPS) is 10.8. The van der Waals surface area contributed by atoms with Gasteiger partial charge >= 0.3 is 0 Å². The van der Waals surface area contributed by atoms with E-state index in [2.05, 4.69) is 22.1 Å². The SMILES string of the molecule is CCc1cncc2nn(C)nc12. The minimum Gasteiger partial charge on any atom is -0.262 e. The van der Waals surface area contributed by atoms with Crippen LogP contribution in [0.3, 0.4) is 0 Å². The Labute approximate surface area is 70.2 Å². The first-order chi connectivity index (χ1) is 5.81. The maximum absolute atomic E-state index is 4.25. The number of aromatic nitrogens is 4. The molecule has 2 aromatic rings. The van der Waals surface area contributed by atoms with Crippen molar-refractivity contribution in [1.82, 2.24) is 20.0 Å². The third-order valence-electron chi connectivity index (χ3n) is 1.85. The number of rotatable bonds is 1. The van der Waals surface area contributed by atoms with Crippen LogP contribution in [0.15, 0.2) is 12.4 Å². The van der Waals surface area contributed by atoms with E-state index in [0.717, 1.165) is 23.0 Å². The summed E-state index contributed by atoms with van der Waals surface area (Å²) >= 11 is 0. The van der Waals surface area contributed by atoms with Crippen molar-refractivity contribution in [2.75, 3.05) is 0 Å². The van der Waals surface area contributed by atoms with Crippen molar-refractivity contribution in [3.05, 3.63) is 18.0 Å². The predicted molar refractivity (Wildman–Crippen MR) is 45.7 cm³/mol. The molecule has 0 N–H and O–H groups in total. The summed E-state index contributed by atoms with van der Waals surface area (Å²) in [6, 6.07) is 0. The zero-order chi connectivity index (χ0) is 8.55. The molecule has 0 spiro atoms. The lowest BCUT2D eigenvalue weighted by Crippen LogP contribution is -1.91. The van der Waals surface area contributed by atoms with Crippen LogP contribution in [0.1, 0.15) is 12.5 Å². The molecule has 0 amide bonds. The maximum atomic E-state index is 4.25. The first kappa shape index (κ1) is 7.21. The molecule has 62 valence electrons. The second-order valence-corrected chi connectivity index (χ2v) is 2.71. The fourth-order valence-corrected chi connectivity index (χ4v) is 1.25. The Morgan fingerprint density at radius 2 is 2.17 bits per heavy atom. The van der Waals surface area contributed by atoms with Gasteiger partial charge in [0.25, 0.3) is 0 Å².